The molecule has 0 aliphatic rings. The van der Waals surface area contributed by atoms with Crippen molar-refractivity contribution in [3.8, 4) is 0 Å². The highest BCUT2D eigenvalue weighted by atomic mass is 16.2. The third-order valence-corrected chi connectivity index (χ3v) is 2.67. The Morgan fingerprint density at radius 2 is 2.14 bits per heavy atom. The Kier molecular flexibility index (Phi) is 4.60. The van der Waals surface area contributed by atoms with Crippen molar-refractivity contribution < 1.29 is 4.79 Å². The number of aromatic nitrogens is 4. The summed E-state index contributed by atoms with van der Waals surface area (Å²) in [5, 5.41) is 6.47. The van der Waals surface area contributed by atoms with Gasteiger partial charge in [-0.3, -0.25) is 9.59 Å². The van der Waals surface area contributed by atoms with Crippen molar-refractivity contribution in [1.82, 2.24) is 25.1 Å². The first-order valence-electron chi connectivity index (χ1n) is 6.34. The topological polar surface area (TPSA) is 93.0 Å². The molecule has 0 fully saturated rings. The van der Waals surface area contributed by atoms with Crippen molar-refractivity contribution in [2.75, 3.05) is 19.0 Å². The van der Waals surface area contributed by atoms with Crippen LogP contribution < -0.4 is 15.8 Å². The van der Waals surface area contributed by atoms with Gasteiger partial charge in [0, 0.05) is 32.6 Å². The normalized spacial score (nSPS) is 10.2. The van der Waals surface area contributed by atoms with E-state index in [4.69, 9.17) is 0 Å². The fourth-order valence-electron chi connectivity index (χ4n) is 1.60. The molecule has 0 aromatic carbocycles. The van der Waals surface area contributed by atoms with Crippen LogP contribution >= 0.6 is 0 Å². The largest absolute Gasteiger partial charge is 0.363 e. The van der Waals surface area contributed by atoms with Gasteiger partial charge in [0.15, 0.2) is 0 Å². The molecule has 2 aromatic rings. The van der Waals surface area contributed by atoms with Gasteiger partial charge in [0.25, 0.3) is 5.56 Å². The Morgan fingerprint density at radius 1 is 1.33 bits per heavy atom. The van der Waals surface area contributed by atoms with Crippen LogP contribution in [0.25, 0.3) is 0 Å². The summed E-state index contributed by atoms with van der Waals surface area (Å²) in [4.78, 5) is 33.4. The molecule has 21 heavy (non-hydrogen) atoms. The second-order valence-electron chi connectivity index (χ2n) is 4.52. The van der Waals surface area contributed by atoms with Crippen molar-refractivity contribution in [3.63, 3.8) is 0 Å². The molecule has 2 rings (SSSR count). The molecule has 0 unspecified atom stereocenters. The van der Waals surface area contributed by atoms with Crippen LogP contribution in [-0.2, 0) is 17.9 Å². The number of amides is 1. The van der Waals surface area contributed by atoms with E-state index in [0.29, 0.717) is 5.82 Å². The van der Waals surface area contributed by atoms with Crippen molar-refractivity contribution >= 4 is 11.7 Å². The molecule has 0 bridgehead atoms. The number of nitrogens with one attached hydrogen (secondary N) is 1. The summed E-state index contributed by atoms with van der Waals surface area (Å²) < 4.78 is 1.09. The molecule has 8 heteroatoms. The molecular weight excluding hydrogens is 272 g/mol. The highest BCUT2D eigenvalue weighted by Gasteiger charge is 2.06. The van der Waals surface area contributed by atoms with Crippen LogP contribution in [0.5, 0.6) is 0 Å². The van der Waals surface area contributed by atoms with Crippen LogP contribution in [0, 0.1) is 0 Å². The summed E-state index contributed by atoms with van der Waals surface area (Å²) in [6, 6.07) is 4.65. The average molecular weight is 288 g/mol. The molecule has 110 valence electrons. The van der Waals surface area contributed by atoms with E-state index in [2.05, 4.69) is 20.4 Å². The molecule has 2 aromatic heterocycles. The fraction of sp³-hybridized carbons (Fsp3) is 0.308. The highest BCUT2D eigenvalue weighted by Crippen LogP contribution is 2.04. The molecule has 0 aliphatic heterocycles. The summed E-state index contributed by atoms with van der Waals surface area (Å²) in [7, 11) is 3.75. The van der Waals surface area contributed by atoms with E-state index >= 15 is 0 Å². The number of rotatable bonds is 5. The van der Waals surface area contributed by atoms with Crippen LogP contribution in [-0.4, -0.2) is 39.8 Å². The van der Waals surface area contributed by atoms with Gasteiger partial charge in [0.1, 0.15) is 18.2 Å². The van der Waals surface area contributed by atoms with Crippen LogP contribution in [0.4, 0.5) is 5.82 Å². The molecule has 0 spiro atoms. The van der Waals surface area contributed by atoms with Gasteiger partial charge in [-0.15, -0.1) is 0 Å². The minimum Gasteiger partial charge on any atom is -0.363 e. The molecule has 8 nitrogen and oxygen atoms in total. The average Bonchev–Trinajstić information content (AvgIpc) is 2.48. The summed E-state index contributed by atoms with van der Waals surface area (Å²) in [6.45, 7) is 0.0646. The Morgan fingerprint density at radius 3 is 2.86 bits per heavy atom. The zero-order chi connectivity index (χ0) is 15.2. The quantitative estimate of drug-likeness (QED) is 0.791. The molecule has 1 N–H and O–H groups in total. The molecule has 0 radical (unpaired) electrons. The van der Waals surface area contributed by atoms with Crippen LogP contribution in [0.2, 0.25) is 0 Å². The Bertz CT molecular complexity index is 682. The SMILES string of the molecule is CN(C)c1ccnc(CNC(=O)Cn2ncccc2=O)n1. The lowest BCUT2D eigenvalue weighted by Gasteiger charge is -2.12. The minimum atomic E-state index is -0.324. The van der Waals surface area contributed by atoms with Gasteiger partial charge < -0.3 is 10.2 Å². The predicted octanol–water partition coefficient (Wildman–Crippen LogP) is -0.584. The minimum absolute atomic E-state index is 0.132. The fourth-order valence-corrected chi connectivity index (χ4v) is 1.60. The zero-order valence-corrected chi connectivity index (χ0v) is 11.9. The lowest BCUT2D eigenvalue weighted by atomic mass is 10.4. The number of nitrogens with zero attached hydrogens (tertiary/aromatic N) is 5. The molecule has 0 saturated carbocycles. The first-order chi connectivity index (χ1) is 10.1. The number of hydrogen-bond acceptors (Lipinski definition) is 6. The first kappa shape index (κ1) is 14.6. The number of anilines is 1. The summed E-state index contributed by atoms with van der Waals surface area (Å²) in [5.41, 5.74) is -0.321. The number of hydrogen-bond donors (Lipinski definition) is 1. The van der Waals surface area contributed by atoms with E-state index in [9.17, 15) is 9.59 Å². The molecule has 1 amide bonds. The van der Waals surface area contributed by atoms with Gasteiger partial charge in [-0.25, -0.2) is 14.6 Å². The van der Waals surface area contributed by atoms with Gasteiger partial charge >= 0.3 is 0 Å². The monoisotopic (exact) mass is 288 g/mol. The summed E-state index contributed by atoms with van der Waals surface area (Å²) >= 11 is 0. The molecular formula is C13H16N6O2. The van der Waals surface area contributed by atoms with Gasteiger partial charge in [-0.05, 0) is 12.1 Å². The third kappa shape index (κ3) is 4.10. The van der Waals surface area contributed by atoms with E-state index in [1.165, 1.54) is 18.3 Å². The highest BCUT2D eigenvalue weighted by molar-refractivity contribution is 5.75. The van der Waals surface area contributed by atoms with Crippen LogP contribution in [0.3, 0.4) is 0 Å². The number of carbonyl (C=O) groups is 1. The lowest BCUT2D eigenvalue weighted by molar-refractivity contribution is -0.122. The maximum atomic E-state index is 11.8. The van der Waals surface area contributed by atoms with Crippen LogP contribution in [0.15, 0.2) is 35.4 Å². The van der Waals surface area contributed by atoms with Gasteiger partial charge in [0.05, 0.1) is 6.54 Å². The van der Waals surface area contributed by atoms with E-state index in [1.807, 2.05) is 19.0 Å². The van der Waals surface area contributed by atoms with Crippen molar-refractivity contribution in [2.45, 2.75) is 13.1 Å². The van der Waals surface area contributed by atoms with Crippen molar-refractivity contribution in [2.24, 2.45) is 0 Å². The van der Waals surface area contributed by atoms with Gasteiger partial charge in [0.2, 0.25) is 5.91 Å². The zero-order valence-electron chi connectivity index (χ0n) is 11.9. The molecule has 0 aliphatic carbocycles. The van der Waals surface area contributed by atoms with E-state index in [1.54, 1.807) is 12.3 Å². The standard InChI is InChI=1S/C13H16N6O2/c1-18(2)11-5-7-14-10(17-11)8-15-12(20)9-19-13(21)4-3-6-16-19/h3-7H,8-9H2,1-2H3,(H,15,20). The maximum Gasteiger partial charge on any atom is 0.267 e. The Balaban J connectivity index is 1.94. The maximum absolute atomic E-state index is 11.8. The molecule has 2 heterocycles. The smallest absolute Gasteiger partial charge is 0.267 e. The predicted molar refractivity (Wildman–Crippen MR) is 76.7 cm³/mol. The Hall–Kier alpha value is -2.77. The van der Waals surface area contributed by atoms with Gasteiger partial charge in [-0.1, -0.05) is 0 Å². The van der Waals surface area contributed by atoms with E-state index in [0.717, 1.165) is 10.5 Å². The first-order valence-corrected chi connectivity index (χ1v) is 6.34. The molecule has 0 saturated heterocycles. The number of carbonyl (C=O) groups excluding carboxylic acids is 1. The van der Waals surface area contributed by atoms with Crippen molar-refractivity contribution in [1.29, 1.82) is 0 Å². The summed E-state index contributed by atoms with van der Waals surface area (Å²) in [5.74, 6) is 0.938. The van der Waals surface area contributed by atoms with E-state index < -0.39 is 0 Å². The third-order valence-electron chi connectivity index (χ3n) is 2.67. The van der Waals surface area contributed by atoms with Crippen LogP contribution in [0.1, 0.15) is 5.82 Å². The second kappa shape index (κ2) is 6.60. The Labute approximate surface area is 121 Å². The summed E-state index contributed by atoms with van der Waals surface area (Å²) in [6.07, 6.45) is 3.09. The van der Waals surface area contributed by atoms with Gasteiger partial charge in [-0.2, -0.15) is 5.10 Å². The lowest BCUT2D eigenvalue weighted by Crippen LogP contribution is -2.33. The van der Waals surface area contributed by atoms with Crippen molar-refractivity contribution in [3.05, 3.63) is 46.8 Å². The molecule has 0 atom stereocenters. The van der Waals surface area contributed by atoms with E-state index in [-0.39, 0.29) is 24.6 Å². The second-order valence-corrected chi connectivity index (χ2v) is 4.52.